The molecule has 0 fully saturated rings. The molecule has 1 aromatic carbocycles. The zero-order chi connectivity index (χ0) is 24.6. The quantitative estimate of drug-likeness (QED) is 0.363. The first-order valence-electron chi connectivity index (χ1n) is 11.4. The molecular formula is C25H27FN8O. The maximum atomic E-state index is 13.1. The summed E-state index contributed by atoms with van der Waals surface area (Å²) in [5.74, 6) is 0.822. The molecule has 0 aliphatic rings. The molecule has 0 saturated carbocycles. The van der Waals surface area contributed by atoms with Gasteiger partial charge >= 0.3 is 0 Å². The molecule has 0 aliphatic carbocycles. The summed E-state index contributed by atoms with van der Waals surface area (Å²) < 4.78 is 22.0. The fraction of sp³-hybridized carbons (Fsp3) is 0.320. The normalized spacial score (nSPS) is 12.0. The second-order valence-corrected chi connectivity index (χ2v) is 9.35. The van der Waals surface area contributed by atoms with Crippen LogP contribution in [0.2, 0.25) is 0 Å². The standard InChI is InChI=1S/C25H27FN8O/c1-16-7-17(5-6-18(16)9-27-11-22-31-24(35-32-22)25(2,3)14-26)23-21-8-19(13-34(21)30-15-28-23)20-10-29-33(4)12-20/h5-8,10,12-13,15,27H,9,11,14H2,1-4H3. The lowest BCUT2D eigenvalue weighted by molar-refractivity contribution is 0.258. The molecule has 0 aliphatic heterocycles. The predicted molar refractivity (Wildman–Crippen MR) is 129 cm³/mol. The Kier molecular flexibility index (Phi) is 5.89. The van der Waals surface area contributed by atoms with Gasteiger partial charge in [-0.1, -0.05) is 17.3 Å². The van der Waals surface area contributed by atoms with Crippen molar-refractivity contribution >= 4 is 5.52 Å². The Morgan fingerprint density at radius 1 is 1.06 bits per heavy atom. The highest BCUT2D eigenvalue weighted by molar-refractivity contribution is 5.81. The molecule has 0 radical (unpaired) electrons. The third kappa shape index (κ3) is 4.57. The minimum atomic E-state index is -0.775. The highest BCUT2D eigenvalue weighted by atomic mass is 19.1. The van der Waals surface area contributed by atoms with Crippen LogP contribution in [0.15, 0.2) is 53.7 Å². The van der Waals surface area contributed by atoms with Gasteiger partial charge in [-0.3, -0.25) is 4.68 Å². The van der Waals surface area contributed by atoms with E-state index in [4.69, 9.17) is 4.52 Å². The molecule has 0 bridgehead atoms. The van der Waals surface area contributed by atoms with Gasteiger partial charge in [-0.25, -0.2) is 13.9 Å². The van der Waals surface area contributed by atoms with Crippen LogP contribution < -0.4 is 5.32 Å². The van der Waals surface area contributed by atoms with Crippen LogP contribution >= 0.6 is 0 Å². The number of alkyl halides is 1. The van der Waals surface area contributed by atoms with Crippen LogP contribution in [0, 0.1) is 6.92 Å². The van der Waals surface area contributed by atoms with E-state index in [2.05, 4.69) is 61.8 Å². The molecule has 180 valence electrons. The molecule has 9 nitrogen and oxygen atoms in total. The number of aryl methyl sites for hydroxylation is 2. The van der Waals surface area contributed by atoms with E-state index in [1.165, 1.54) is 0 Å². The summed E-state index contributed by atoms with van der Waals surface area (Å²) in [5, 5.41) is 15.9. The van der Waals surface area contributed by atoms with Crippen molar-refractivity contribution in [2.24, 2.45) is 7.05 Å². The van der Waals surface area contributed by atoms with Crippen LogP contribution in [-0.2, 0) is 25.6 Å². The van der Waals surface area contributed by atoms with Gasteiger partial charge in [0.1, 0.15) is 13.0 Å². The molecule has 35 heavy (non-hydrogen) atoms. The van der Waals surface area contributed by atoms with Gasteiger partial charge in [-0.05, 0) is 44.0 Å². The summed E-state index contributed by atoms with van der Waals surface area (Å²) in [6.07, 6.45) is 7.38. The van der Waals surface area contributed by atoms with Crippen LogP contribution in [-0.4, -0.2) is 41.2 Å². The third-order valence-electron chi connectivity index (χ3n) is 6.04. The summed E-state index contributed by atoms with van der Waals surface area (Å²) in [5.41, 5.74) is 6.40. The number of rotatable bonds is 8. The molecule has 0 unspecified atom stereocenters. The fourth-order valence-corrected chi connectivity index (χ4v) is 3.89. The number of halogens is 1. The van der Waals surface area contributed by atoms with Crippen LogP contribution in [0.3, 0.4) is 0 Å². The number of aromatic nitrogens is 7. The minimum absolute atomic E-state index is 0.311. The summed E-state index contributed by atoms with van der Waals surface area (Å²) >= 11 is 0. The van der Waals surface area contributed by atoms with Crippen LogP contribution in [0.25, 0.3) is 27.9 Å². The molecule has 0 saturated heterocycles. The van der Waals surface area contributed by atoms with Gasteiger partial charge in [0.25, 0.3) is 0 Å². The lowest BCUT2D eigenvalue weighted by Crippen LogP contribution is -2.20. The molecule has 5 aromatic rings. The maximum absolute atomic E-state index is 13.1. The zero-order valence-electron chi connectivity index (χ0n) is 20.2. The van der Waals surface area contributed by atoms with Gasteiger partial charge in [0.15, 0.2) is 5.82 Å². The predicted octanol–water partition coefficient (Wildman–Crippen LogP) is 4.03. The van der Waals surface area contributed by atoms with Crippen molar-refractivity contribution in [3.8, 4) is 22.4 Å². The minimum Gasteiger partial charge on any atom is -0.339 e. The molecule has 0 amide bonds. The van der Waals surface area contributed by atoms with Gasteiger partial charge < -0.3 is 9.84 Å². The highest BCUT2D eigenvalue weighted by Crippen LogP contribution is 2.29. The van der Waals surface area contributed by atoms with Crippen molar-refractivity contribution in [1.29, 1.82) is 0 Å². The molecule has 4 heterocycles. The first kappa shape index (κ1) is 22.9. The van der Waals surface area contributed by atoms with Crippen molar-refractivity contribution in [2.75, 3.05) is 6.67 Å². The number of nitrogens with one attached hydrogen (secondary N) is 1. The molecule has 0 atom stereocenters. The lowest BCUT2D eigenvalue weighted by Gasteiger charge is -2.13. The molecule has 5 rings (SSSR count). The highest BCUT2D eigenvalue weighted by Gasteiger charge is 2.27. The van der Waals surface area contributed by atoms with E-state index in [0.29, 0.717) is 24.8 Å². The molecule has 0 spiro atoms. The van der Waals surface area contributed by atoms with Crippen molar-refractivity contribution in [3.05, 3.63) is 72.0 Å². The number of hydrogen-bond acceptors (Lipinski definition) is 7. The summed E-state index contributed by atoms with van der Waals surface area (Å²) in [4.78, 5) is 8.88. The Bertz CT molecular complexity index is 1480. The number of hydrogen-bond donors (Lipinski definition) is 1. The van der Waals surface area contributed by atoms with E-state index in [0.717, 1.165) is 39.0 Å². The van der Waals surface area contributed by atoms with E-state index in [9.17, 15) is 4.39 Å². The first-order valence-corrected chi connectivity index (χ1v) is 11.4. The van der Waals surface area contributed by atoms with Gasteiger partial charge in [0.05, 0.1) is 29.4 Å². The van der Waals surface area contributed by atoms with E-state index in [1.807, 2.05) is 30.2 Å². The van der Waals surface area contributed by atoms with E-state index >= 15 is 0 Å². The Morgan fingerprint density at radius 2 is 1.91 bits per heavy atom. The second kappa shape index (κ2) is 9.03. The topological polar surface area (TPSA) is 99.0 Å². The zero-order valence-corrected chi connectivity index (χ0v) is 20.2. The van der Waals surface area contributed by atoms with E-state index in [1.54, 1.807) is 24.9 Å². The fourth-order valence-electron chi connectivity index (χ4n) is 3.89. The number of fused-ring (bicyclic) bond motifs is 1. The van der Waals surface area contributed by atoms with Crippen molar-refractivity contribution in [3.63, 3.8) is 0 Å². The smallest absolute Gasteiger partial charge is 0.234 e. The molecular weight excluding hydrogens is 447 g/mol. The average Bonchev–Trinajstić information content (AvgIpc) is 3.59. The van der Waals surface area contributed by atoms with E-state index < -0.39 is 12.1 Å². The van der Waals surface area contributed by atoms with Gasteiger partial charge in [0.2, 0.25) is 5.89 Å². The van der Waals surface area contributed by atoms with Crippen molar-refractivity contribution in [1.82, 2.24) is 39.8 Å². The monoisotopic (exact) mass is 474 g/mol. The third-order valence-corrected chi connectivity index (χ3v) is 6.04. The SMILES string of the molecule is Cc1cc(-c2ncnn3cc(-c4cnn(C)c4)cc23)ccc1CNCc1noc(C(C)(C)CF)n1. The van der Waals surface area contributed by atoms with Crippen LogP contribution in [0.1, 0.15) is 36.7 Å². The van der Waals surface area contributed by atoms with E-state index in [-0.39, 0.29) is 0 Å². The van der Waals surface area contributed by atoms with Gasteiger partial charge in [-0.2, -0.15) is 15.2 Å². The van der Waals surface area contributed by atoms with Gasteiger partial charge in [-0.15, -0.1) is 0 Å². The van der Waals surface area contributed by atoms with Crippen molar-refractivity contribution < 1.29 is 8.91 Å². The summed E-state index contributed by atoms with van der Waals surface area (Å²) in [6, 6.07) is 8.38. The molecule has 4 aromatic heterocycles. The number of nitrogens with zero attached hydrogens (tertiary/aromatic N) is 7. The Labute approximate surface area is 202 Å². The molecule has 10 heteroatoms. The van der Waals surface area contributed by atoms with Crippen molar-refractivity contribution in [2.45, 2.75) is 39.3 Å². The Hall–Kier alpha value is -3.92. The largest absolute Gasteiger partial charge is 0.339 e. The molecule has 1 N–H and O–H groups in total. The van der Waals surface area contributed by atoms with Crippen LogP contribution in [0.5, 0.6) is 0 Å². The van der Waals surface area contributed by atoms with Crippen LogP contribution in [0.4, 0.5) is 4.39 Å². The Morgan fingerprint density at radius 3 is 2.66 bits per heavy atom. The lowest BCUT2D eigenvalue weighted by atomic mass is 9.96. The maximum Gasteiger partial charge on any atom is 0.234 e. The summed E-state index contributed by atoms with van der Waals surface area (Å²) in [7, 11) is 1.90. The second-order valence-electron chi connectivity index (χ2n) is 9.35. The average molecular weight is 475 g/mol. The number of benzene rings is 1. The summed E-state index contributed by atoms with van der Waals surface area (Å²) in [6.45, 7) is 6.07. The van der Waals surface area contributed by atoms with Gasteiger partial charge in [0, 0.05) is 42.7 Å². The Balaban J connectivity index is 1.32. The first-order chi connectivity index (χ1) is 16.8.